The van der Waals surface area contributed by atoms with Gasteiger partial charge in [0, 0.05) is 19.6 Å². The highest BCUT2D eigenvalue weighted by Gasteiger charge is 2.33. The number of nitrogens with zero attached hydrogens (tertiary/aromatic N) is 1. The first-order valence-electron chi connectivity index (χ1n) is 5.57. The van der Waals surface area contributed by atoms with Gasteiger partial charge in [0.25, 0.3) is 0 Å². The van der Waals surface area contributed by atoms with Crippen LogP contribution < -0.4 is 0 Å². The molecule has 0 aromatic heterocycles. The van der Waals surface area contributed by atoms with E-state index in [1.165, 1.54) is 0 Å². The van der Waals surface area contributed by atoms with Gasteiger partial charge >= 0.3 is 0 Å². The second kappa shape index (κ2) is 5.47. The van der Waals surface area contributed by atoms with E-state index in [9.17, 15) is 4.79 Å². The molecule has 0 spiro atoms. The van der Waals surface area contributed by atoms with E-state index in [1.807, 2.05) is 18.7 Å². The average molecular weight is 215 g/mol. The standard InChI is InChI=1S/C11H21NO3/c1-11(2)9-15-8-6-12(11)10(14)5-3-4-7-13/h13H,3-9H2,1-2H3. The molecule has 4 heteroatoms. The summed E-state index contributed by atoms with van der Waals surface area (Å²) in [5.74, 6) is 0.178. The monoisotopic (exact) mass is 215 g/mol. The lowest BCUT2D eigenvalue weighted by Gasteiger charge is -2.42. The van der Waals surface area contributed by atoms with Crippen molar-refractivity contribution in [2.45, 2.75) is 38.6 Å². The van der Waals surface area contributed by atoms with Gasteiger partial charge < -0.3 is 14.7 Å². The lowest BCUT2D eigenvalue weighted by Crippen LogP contribution is -2.55. The number of aliphatic hydroxyl groups is 1. The third-order valence-corrected chi connectivity index (χ3v) is 2.75. The zero-order chi connectivity index (χ0) is 11.3. The molecule has 0 aromatic carbocycles. The van der Waals surface area contributed by atoms with E-state index in [1.54, 1.807) is 0 Å². The summed E-state index contributed by atoms with van der Waals surface area (Å²) < 4.78 is 5.36. The molecule has 0 atom stereocenters. The van der Waals surface area contributed by atoms with Crippen molar-refractivity contribution in [3.63, 3.8) is 0 Å². The molecule has 15 heavy (non-hydrogen) atoms. The Hall–Kier alpha value is -0.610. The van der Waals surface area contributed by atoms with Crippen molar-refractivity contribution >= 4 is 5.91 Å². The predicted molar refractivity (Wildman–Crippen MR) is 57.5 cm³/mol. The zero-order valence-electron chi connectivity index (χ0n) is 9.66. The number of ether oxygens (including phenoxy) is 1. The van der Waals surface area contributed by atoms with Gasteiger partial charge in [-0.3, -0.25) is 4.79 Å². The molecule has 1 amide bonds. The Labute approximate surface area is 91.2 Å². The number of unbranched alkanes of at least 4 members (excludes halogenated alkanes) is 1. The average Bonchev–Trinajstić information content (AvgIpc) is 2.17. The maximum atomic E-state index is 11.9. The predicted octanol–water partition coefficient (Wildman–Crippen LogP) is 0.786. The molecule has 0 bridgehead atoms. The summed E-state index contributed by atoms with van der Waals surface area (Å²) in [6.45, 7) is 6.14. The van der Waals surface area contributed by atoms with Gasteiger partial charge in [-0.15, -0.1) is 0 Å². The van der Waals surface area contributed by atoms with Crippen LogP contribution in [-0.4, -0.2) is 47.8 Å². The minimum Gasteiger partial charge on any atom is -0.396 e. The highest BCUT2D eigenvalue weighted by atomic mass is 16.5. The number of carbonyl (C=O) groups is 1. The first-order chi connectivity index (χ1) is 7.08. The van der Waals surface area contributed by atoms with Crippen LogP contribution in [0.4, 0.5) is 0 Å². The second-order valence-electron chi connectivity index (χ2n) is 4.59. The van der Waals surface area contributed by atoms with Gasteiger partial charge in [0.15, 0.2) is 0 Å². The Morgan fingerprint density at radius 2 is 2.20 bits per heavy atom. The second-order valence-corrected chi connectivity index (χ2v) is 4.59. The molecule has 0 aliphatic carbocycles. The normalized spacial score (nSPS) is 20.3. The summed E-state index contributed by atoms with van der Waals surface area (Å²) >= 11 is 0. The van der Waals surface area contributed by atoms with Crippen LogP contribution in [0.15, 0.2) is 0 Å². The molecule has 0 saturated carbocycles. The van der Waals surface area contributed by atoms with Crippen molar-refractivity contribution < 1.29 is 14.6 Å². The highest BCUT2D eigenvalue weighted by Crippen LogP contribution is 2.20. The van der Waals surface area contributed by atoms with Crippen molar-refractivity contribution in [2.24, 2.45) is 0 Å². The smallest absolute Gasteiger partial charge is 0.223 e. The number of hydrogen-bond acceptors (Lipinski definition) is 3. The third-order valence-electron chi connectivity index (χ3n) is 2.75. The van der Waals surface area contributed by atoms with Crippen molar-refractivity contribution in [3.8, 4) is 0 Å². The molecular weight excluding hydrogens is 194 g/mol. The fourth-order valence-electron chi connectivity index (χ4n) is 1.84. The SMILES string of the molecule is CC1(C)COCCN1C(=O)CCCCO. The molecule has 88 valence electrons. The van der Waals surface area contributed by atoms with E-state index in [-0.39, 0.29) is 18.1 Å². The van der Waals surface area contributed by atoms with E-state index < -0.39 is 0 Å². The van der Waals surface area contributed by atoms with Crippen molar-refractivity contribution in [2.75, 3.05) is 26.4 Å². The van der Waals surface area contributed by atoms with E-state index in [0.29, 0.717) is 32.6 Å². The summed E-state index contributed by atoms with van der Waals surface area (Å²) in [5.41, 5.74) is -0.186. The maximum Gasteiger partial charge on any atom is 0.223 e. The number of amides is 1. The van der Waals surface area contributed by atoms with E-state index in [0.717, 1.165) is 6.42 Å². The first-order valence-corrected chi connectivity index (χ1v) is 5.57. The van der Waals surface area contributed by atoms with Crippen molar-refractivity contribution in [1.29, 1.82) is 0 Å². The van der Waals surface area contributed by atoms with Gasteiger partial charge in [-0.2, -0.15) is 0 Å². The first kappa shape index (κ1) is 12.5. The van der Waals surface area contributed by atoms with Gasteiger partial charge in [0.1, 0.15) is 0 Å². The third kappa shape index (κ3) is 3.47. The summed E-state index contributed by atoms with van der Waals surface area (Å²) in [5, 5.41) is 8.65. The fraction of sp³-hybridized carbons (Fsp3) is 0.909. The molecule has 1 fully saturated rings. The number of hydrogen-bond donors (Lipinski definition) is 1. The highest BCUT2D eigenvalue weighted by molar-refractivity contribution is 5.77. The molecule has 1 N–H and O–H groups in total. The molecule has 1 heterocycles. The van der Waals surface area contributed by atoms with Gasteiger partial charge in [0.05, 0.1) is 18.8 Å². The van der Waals surface area contributed by atoms with Crippen molar-refractivity contribution in [3.05, 3.63) is 0 Å². The van der Waals surface area contributed by atoms with Crippen LogP contribution >= 0.6 is 0 Å². The Morgan fingerprint density at radius 3 is 2.80 bits per heavy atom. The van der Waals surface area contributed by atoms with E-state index in [2.05, 4.69) is 0 Å². The van der Waals surface area contributed by atoms with Crippen LogP contribution in [0.1, 0.15) is 33.1 Å². The molecule has 0 unspecified atom stereocenters. The molecule has 4 nitrogen and oxygen atoms in total. The number of aliphatic hydroxyl groups excluding tert-OH is 1. The van der Waals surface area contributed by atoms with Gasteiger partial charge in [-0.1, -0.05) is 0 Å². The summed E-state index contributed by atoms with van der Waals surface area (Å²) in [7, 11) is 0. The van der Waals surface area contributed by atoms with Gasteiger partial charge in [0.2, 0.25) is 5.91 Å². The van der Waals surface area contributed by atoms with Crippen LogP contribution in [0.3, 0.4) is 0 Å². The molecular formula is C11H21NO3. The molecule has 0 radical (unpaired) electrons. The fourth-order valence-corrected chi connectivity index (χ4v) is 1.84. The van der Waals surface area contributed by atoms with Crippen LogP contribution in [0, 0.1) is 0 Å². The van der Waals surface area contributed by atoms with Crippen LogP contribution in [0.5, 0.6) is 0 Å². The molecule has 1 aliphatic rings. The molecule has 1 aliphatic heterocycles. The van der Waals surface area contributed by atoms with Gasteiger partial charge in [-0.25, -0.2) is 0 Å². The zero-order valence-corrected chi connectivity index (χ0v) is 9.66. The van der Waals surface area contributed by atoms with Gasteiger partial charge in [-0.05, 0) is 26.7 Å². The summed E-state index contributed by atoms with van der Waals surface area (Å²) in [6.07, 6.45) is 2.00. The van der Waals surface area contributed by atoms with Crippen LogP contribution in [0.2, 0.25) is 0 Å². The minimum absolute atomic E-state index is 0.166. The van der Waals surface area contributed by atoms with Crippen molar-refractivity contribution in [1.82, 2.24) is 4.90 Å². The molecule has 1 saturated heterocycles. The lowest BCUT2D eigenvalue weighted by molar-refractivity contribution is -0.146. The van der Waals surface area contributed by atoms with Crippen LogP contribution in [0.25, 0.3) is 0 Å². The maximum absolute atomic E-state index is 11.9. The van der Waals surface area contributed by atoms with Crippen LogP contribution in [-0.2, 0) is 9.53 Å². The Balaban J connectivity index is 2.42. The summed E-state index contributed by atoms with van der Waals surface area (Å²) in [4.78, 5) is 13.8. The summed E-state index contributed by atoms with van der Waals surface area (Å²) in [6, 6.07) is 0. The minimum atomic E-state index is -0.186. The topological polar surface area (TPSA) is 49.8 Å². The Bertz CT molecular complexity index is 216. The quantitative estimate of drug-likeness (QED) is 0.705. The number of morpholine rings is 1. The number of rotatable bonds is 4. The largest absolute Gasteiger partial charge is 0.396 e. The Kier molecular flexibility index (Phi) is 4.54. The lowest BCUT2D eigenvalue weighted by atomic mass is 10.0. The Morgan fingerprint density at radius 1 is 1.47 bits per heavy atom. The van der Waals surface area contributed by atoms with E-state index in [4.69, 9.17) is 9.84 Å². The molecule has 0 aromatic rings. The number of carbonyl (C=O) groups excluding carboxylic acids is 1. The molecule has 1 rings (SSSR count). The van der Waals surface area contributed by atoms with E-state index >= 15 is 0 Å².